The predicted octanol–water partition coefficient (Wildman–Crippen LogP) is 3.80. The van der Waals surface area contributed by atoms with Crippen LogP contribution in [-0.4, -0.2) is 26.4 Å². The van der Waals surface area contributed by atoms with Crippen molar-refractivity contribution in [1.29, 1.82) is 0 Å². The lowest BCUT2D eigenvalue weighted by molar-refractivity contribution is -0.129. The van der Waals surface area contributed by atoms with Gasteiger partial charge in [-0.25, -0.2) is 17.6 Å². The fraction of sp³-hybridized carbons (Fsp3) is 0.167. The number of ether oxygens (including phenoxy) is 1. The summed E-state index contributed by atoms with van der Waals surface area (Å²) in [7, 11) is -4.02. The van der Waals surface area contributed by atoms with Gasteiger partial charge in [0.2, 0.25) is 0 Å². The number of rotatable bonds is 8. The Balaban J connectivity index is 1.59. The zero-order chi connectivity index (χ0) is 24.0. The van der Waals surface area contributed by atoms with E-state index in [1.807, 2.05) is 30.3 Å². The normalized spacial score (nSPS) is 12.0. The van der Waals surface area contributed by atoms with E-state index in [2.05, 4.69) is 10.0 Å². The van der Waals surface area contributed by atoms with Crippen LogP contribution in [0.1, 0.15) is 28.4 Å². The Morgan fingerprint density at radius 2 is 1.64 bits per heavy atom. The van der Waals surface area contributed by atoms with Gasteiger partial charge < -0.3 is 10.1 Å². The van der Waals surface area contributed by atoms with Crippen LogP contribution in [0.2, 0.25) is 0 Å². The first-order chi connectivity index (χ1) is 15.7. The van der Waals surface area contributed by atoms with Gasteiger partial charge in [0.15, 0.2) is 6.10 Å². The Kier molecular flexibility index (Phi) is 7.44. The van der Waals surface area contributed by atoms with Crippen molar-refractivity contribution < 1.29 is 27.1 Å². The van der Waals surface area contributed by atoms with Gasteiger partial charge in [-0.05, 0) is 55.8 Å². The van der Waals surface area contributed by atoms with Crippen LogP contribution in [0.15, 0.2) is 77.7 Å². The lowest BCUT2D eigenvalue weighted by atomic mass is 10.2. The van der Waals surface area contributed by atoms with E-state index < -0.39 is 33.8 Å². The first-order valence-electron chi connectivity index (χ1n) is 10.1. The number of anilines is 1. The number of halogens is 1. The topological polar surface area (TPSA) is 102 Å². The third-order valence-corrected chi connectivity index (χ3v) is 6.37. The second kappa shape index (κ2) is 10.3. The number of carbonyl (C=O) groups excluding carboxylic acids is 2. The van der Waals surface area contributed by atoms with Gasteiger partial charge in [-0.1, -0.05) is 36.4 Å². The number of carbonyl (C=O) groups is 2. The van der Waals surface area contributed by atoms with E-state index in [0.717, 1.165) is 5.56 Å². The highest BCUT2D eigenvalue weighted by Crippen LogP contribution is 2.21. The molecule has 3 aromatic rings. The number of hydrogen-bond acceptors (Lipinski definition) is 5. The van der Waals surface area contributed by atoms with Crippen LogP contribution in [0.3, 0.4) is 0 Å². The van der Waals surface area contributed by atoms with Gasteiger partial charge in [-0.3, -0.25) is 9.52 Å². The summed E-state index contributed by atoms with van der Waals surface area (Å²) >= 11 is 0. The quantitative estimate of drug-likeness (QED) is 0.488. The van der Waals surface area contributed by atoms with E-state index in [4.69, 9.17) is 4.74 Å². The second-order valence-corrected chi connectivity index (χ2v) is 8.95. The summed E-state index contributed by atoms with van der Waals surface area (Å²) in [5.74, 6) is -1.80. The maximum atomic E-state index is 13.7. The monoisotopic (exact) mass is 470 g/mol. The van der Waals surface area contributed by atoms with Crippen LogP contribution < -0.4 is 10.0 Å². The third-order valence-electron chi connectivity index (χ3n) is 4.84. The zero-order valence-corrected chi connectivity index (χ0v) is 18.9. The van der Waals surface area contributed by atoms with Crippen LogP contribution in [0, 0.1) is 12.7 Å². The van der Waals surface area contributed by atoms with Gasteiger partial charge in [-0.2, -0.15) is 0 Å². The Hall–Kier alpha value is -3.72. The van der Waals surface area contributed by atoms with Gasteiger partial charge in [-0.15, -0.1) is 0 Å². The molecule has 0 aliphatic rings. The molecule has 1 unspecified atom stereocenters. The molecule has 0 spiro atoms. The molecule has 0 aliphatic carbocycles. The van der Waals surface area contributed by atoms with E-state index in [0.29, 0.717) is 6.54 Å². The van der Waals surface area contributed by atoms with Crippen molar-refractivity contribution in [2.75, 3.05) is 4.72 Å². The second-order valence-electron chi connectivity index (χ2n) is 7.30. The minimum Gasteiger partial charge on any atom is -0.449 e. The number of amides is 1. The molecule has 7 nitrogen and oxygen atoms in total. The molecule has 0 bridgehead atoms. The summed E-state index contributed by atoms with van der Waals surface area (Å²) in [5.41, 5.74) is 1.24. The van der Waals surface area contributed by atoms with Crippen LogP contribution in [0.25, 0.3) is 0 Å². The molecule has 3 aromatic carbocycles. The summed E-state index contributed by atoms with van der Waals surface area (Å²) in [5, 5.41) is 2.69. The highest BCUT2D eigenvalue weighted by Gasteiger charge is 2.21. The number of esters is 1. The van der Waals surface area contributed by atoms with Gasteiger partial charge in [0, 0.05) is 17.8 Å². The molecular weight excluding hydrogens is 447 g/mol. The van der Waals surface area contributed by atoms with Gasteiger partial charge in [0.25, 0.3) is 15.9 Å². The summed E-state index contributed by atoms with van der Waals surface area (Å²) in [6.45, 7) is 3.14. The van der Waals surface area contributed by atoms with Crippen molar-refractivity contribution in [3.63, 3.8) is 0 Å². The molecule has 0 heterocycles. The highest BCUT2D eigenvalue weighted by atomic mass is 32.2. The van der Waals surface area contributed by atoms with E-state index >= 15 is 0 Å². The highest BCUT2D eigenvalue weighted by molar-refractivity contribution is 7.92. The molecule has 0 fully saturated rings. The summed E-state index contributed by atoms with van der Waals surface area (Å²) in [6, 6.07) is 18.6. The third kappa shape index (κ3) is 6.17. The molecule has 0 aromatic heterocycles. The maximum Gasteiger partial charge on any atom is 0.338 e. The number of sulfonamides is 1. The van der Waals surface area contributed by atoms with E-state index in [-0.39, 0.29) is 21.7 Å². The van der Waals surface area contributed by atoms with Crippen LogP contribution >= 0.6 is 0 Å². The average Bonchev–Trinajstić information content (AvgIpc) is 2.80. The van der Waals surface area contributed by atoms with Crippen LogP contribution in [-0.2, 0) is 26.1 Å². The van der Waals surface area contributed by atoms with Crippen molar-refractivity contribution >= 4 is 27.6 Å². The van der Waals surface area contributed by atoms with Gasteiger partial charge in [0.05, 0.1) is 10.5 Å². The molecule has 9 heteroatoms. The predicted molar refractivity (Wildman–Crippen MR) is 122 cm³/mol. The molecular formula is C24H23FN2O5S. The minimum atomic E-state index is -4.02. The fourth-order valence-electron chi connectivity index (χ4n) is 2.97. The van der Waals surface area contributed by atoms with Crippen LogP contribution in [0.4, 0.5) is 10.1 Å². The van der Waals surface area contributed by atoms with Gasteiger partial charge >= 0.3 is 5.97 Å². The van der Waals surface area contributed by atoms with Gasteiger partial charge in [0.1, 0.15) is 5.82 Å². The van der Waals surface area contributed by atoms with E-state index in [1.165, 1.54) is 56.3 Å². The van der Waals surface area contributed by atoms with Crippen molar-refractivity contribution in [3.8, 4) is 0 Å². The Labute approximate surface area is 191 Å². The summed E-state index contributed by atoms with van der Waals surface area (Å²) in [6.07, 6.45) is -1.02. The number of nitrogens with one attached hydrogen (secondary N) is 2. The van der Waals surface area contributed by atoms with Crippen LogP contribution in [0.5, 0.6) is 0 Å². The average molecular weight is 471 g/mol. The van der Waals surface area contributed by atoms with Crippen molar-refractivity contribution in [1.82, 2.24) is 5.32 Å². The minimum absolute atomic E-state index is 0.00438. The maximum absolute atomic E-state index is 13.7. The molecule has 2 N–H and O–H groups in total. The molecule has 0 saturated heterocycles. The van der Waals surface area contributed by atoms with E-state index in [9.17, 15) is 22.4 Å². The molecule has 0 aliphatic heterocycles. The smallest absolute Gasteiger partial charge is 0.338 e. The van der Waals surface area contributed by atoms with Crippen molar-refractivity contribution in [2.24, 2.45) is 0 Å². The van der Waals surface area contributed by atoms with Crippen molar-refractivity contribution in [2.45, 2.75) is 31.4 Å². The molecule has 3 rings (SSSR count). The largest absolute Gasteiger partial charge is 0.449 e. The SMILES string of the molecule is Cc1c(F)cccc1S(=O)(=O)Nc1ccc(C(=O)OC(C)C(=O)NCc2ccccc2)cc1. The molecule has 1 amide bonds. The summed E-state index contributed by atoms with van der Waals surface area (Å²) in [4.78, 5) is 24.4. The number of hydrogen-bond donors (Lipinski definition) is 2. The van der Waals surface area contributed by atoms with Crippen molar-refractivity contribution in [3.05, 3.63) is 95.3 Å². The summed E-state index contributed by atoms with van der Waals surface area (Å²) < 4.78 is 46.4. The molecule has 0 radical (unpaired) electrons. The van der Waals surface area contributed by atoms with E-state index in [1.54, 1.807) is 0 Å². The Morgan fingerprint density at radius 3 is 2.30 bits per heavy atom. The number of benzene rings is 3. The molecule has 172 valence electrons. The lowest BCUT2D eigenvalue weighted by Gasteiger charge is -2.14. The zero-order valence-electron chi connectivity index (χ0n) is 18.0. The lowest BCUT2D eigenvalue weighted by Crippen LogP contribution is -2.35. The first-order valence-corrected chi connectivity index (χ1v) is 11.6. The standard InChI is InChI=1S/C24H23FN2O5S/c1-16-21(25)9-6-10-22(16)33(30,31)27-20-13-11-19(12-14-20)24(29)32-17(2)23(28)26-15-18-7-4-3-5-8-18/h3-14,17,27H,15H2,1-2H3,(H,26,28). The fourth-order valence-corrected chi connectivity index (χ4v) is 4.29. The Bertz CT molecular complexity index is 1250. The Morgan fingerprint density at radius 1 is 0.970 bits per heavy atom. The molecule has 33 heavy (non-hydrogen) atoms. The molecule has 1 atom stereocenters. The molecule has 0 saturated carbocycles. The first kappa shape index (κ1) is 23.9.